The van der Waals surface area contributed by atoms with Gasteiger partial charge in [-0.05, 0) is 18.8 Å². The van der Waals surface area contributed by atoms with Crippen LogP contribution in [0.3, 0.4) is 0 Å². The van der Waals surface area contributed by atoms with Gasteiger partial charge in [0.15, 0.2) is 5.82 Å². The van der Waals surface area contributed by atoms with Gasteiger partial charge in [-0.25, -0.2) is 4.98 Å². The number of likely N-dealkylation sites (tertiary alicyclic amines) is 1. The molecular weight excluding hydrogens is 310 g/mol. The fraction of sp³-hybridized carbons (Fsp3) is 0.625. The van der Waals surface area contributed by atoms with Crippen LogP contribution in [-0.2, 0) is 18.2 Å². The molecule has 0 N–H and O–H groups in total. The molecule has 1 amide bonds. The summed E-state index contributed by atoms with van der Waals surface area (Å²) in [4.78, 5) is 22.5. The van der Waals surface area contributed by atoms with Crippen molar-refractivity contribution < 1.29 is 14.1 Å². The van der Waals surface area contributed by atoms with Crippen molar-refractivity contribution in [3.05, 3.63) is 29.9 Å². The summed E-state index contributed by atoms with van der Waals surface area (Å²) in [5, 5.41) is 4.00. The van der Waals surface area contributed by atoms with Gasteiger partial charge in [0.1, 0.15) is 5.69 Å². The zero-order valence-corrected chi connectivity index (χ0v) is 13.7. The van der Waals surface area contributed by atoms with Crippen molar-refractivity contribution in [1.29, 1.82) is 0 Å². The summed E-state index contributed by atoms with van der Waals surface area (Å²) in [7, 11) is 1.84. The van der Waals surface area contributed by atoms with Gasteiger partial charge in [-0.3, -0.25) is 4.79 Å². The number of carbonyl (C=O) groups is 1. The van der Waals surface area contributed by atoms with E-state index in [1.165, 1.54) is 12.8 Å². The summed E-state index contributed by atoms with van der Waals surface area (Å²) in [6, 6.07) is 0. The molecule has 0 unspecified atom stereocenters. The predicted octanol–water partition coefficient (Wildman–Crippen LogP) is 1.01. The van der Waals surface area contributed by atoms with E-state index in [9.17, 15) is 4.79 Å². The average Bonchev–Trinajstić information content (AvgIpc) is 3.06. The number of nitrogens with zero attached hydrogens (tertiary/aromatic N) is 5. The van der Waals surface area contributed by atoms with E-state index in [1.54, 1.807) is 22.0 Å². The largest absolute Gasteiger partial charge is 0.381 e. The summed E-state index contributed by atoms with van der Waals surface area (Å²) in [5.74, 6) is 2.11. The van der Waals surface area contributed by atoms with Gasteiger partial charge in [0.2, 0.25) is 5.89 Å². The Labute approximate surface area is 139 Å². The number of aryl methyl sites for hydroxylation is 1. The third-order valence-electron chi connectivity index (χ3n) is 4.45. The van der Waals surface area contributed by atoms with Gasteiger partial charge in [0.05, 0.1) is 18.9 Å². The highest BCUT2D eigenvalue weighted by Crippen LogP contribution is 2.29. The van der Waals surface area contributed by atoms with Crippen LogP contribution in [0.5, 0.6) is 0 Å². The Morgan fingerprint density at radius 1 is 1.42 bits per heavy atom. The highest BCUT2D eigenvalue weighted by Gasteiger charge is 2.36. The molecule has 2 aromatic rings. The summed E-state index contributed by atoms with van der Waals surface area (Å²) < 4.78 is 12.7. The molecule has 8 nitrogen and oxygen atoms in total. The average molecular weight is 331 g/mol. The number of carbonyl (C=O) groups excluding carboxylic acids is 1. The lowest BCUT2D eigenvalue weighted by molar-refractivity contribution is 0.0563. The van der Waals surface area contributed by atoms with Crippen molar-refractivity contribution in [3.63, 3.8) is 0 Å². The van der Waals surface area contributed by atoms with E-state index in [2.05, 4.69) is 15.1 Å². The third kappa shape index (κ3) is 3.33. The molecular formula is C16H21N5O3. The number of hydrogen-bond donors (Lipinski definition) is 0. The molecule has 128 valence electrons. The van der Waals surface area contributed by atoms with Crippen molar-refractivity contribution in [2.45, 2.75) is 25.2 Å². The Bertz CT molecular complexity index is 715. The molecule has 1 saturated heterocycles. The van der Waals surface area contributed by atoms with Crippen LogP contribution in [0.25, 0.3) is 0 Å². The lowest BCUT2D eigenvalue weighted by Gasteiger charge is -2.36. The second-order valence-corrected chi connectivity index (χ2v) is 6.65. The third-order valence-corrected chi connectivity index (χ3v) is 4.45. The molecule has 0 aromatic carbocycles. The topological polar surface area (TPSA) is 86.3 Å². The van der Waals surface area contributed by atoms with Crippen LogP contribution in [0.2, 0.25) is 0 Å². The zero-order chi connectivity index (χ0) is 16.5. The van der Waals surface area contributed by atoms with Gasteiger partial charge in [0, 0.05) is 39.4 Å². The number of aromatic nitrogens is 4. The van der Waals surface area contributed by atoms with Gasteiger partial charge in [0.25, 0.3) is 5.91 Å². The summed E-state index contributed by atoms with van der Waals surface area (Å²) >= 11 is 0. The minimum Gasteiger partial charge on any atom is -0.381 e. The number of rotatable bonds is 7. The number of ether oxygens (including phenoxy) is 1. The van der Waals surface area contributed by atoms with Crippen molar-refractivity contribution in [2.75, 3.05) is 26.3 Å². The second-order valence-electron chi connectivity index (χ2n) is 6.65. The zero-order valence-electron chi connectivity index (χ0n) is 13.7. The Kier molecular flexibility index (Phi) is 4.05. The Balaban J connectivity index is 1.23. The number of hydrogen-bond acceptors (Lipinski definition) is 6. The molecule has 4 rings (SSSR count). The Morgan fingerprint density at radius 2 is 2.25 bits per heavy atom. The van der Waals surface area contributed by atoms with Gasteiger partial charge in [-0.1, -0.05) is 5.16 Å². The second kappa shape index (κ2) is 6.35. The summed E-state index contributed by atoms with van der Waals surface area (Å²) in [6.45, 7) is 2.66. The van der Waals surface area contributed by atoms with Crippen LogP contribution >= 0.6 is 0 Å². The van der Waals surface area contributed by atoms with E-state index in [4.69, 9.17) is 9.26 Å². The molecule has 8 heteroatoms. The van der Waals surface area contributed by atoms with Crippen molar-refractivity contribution in [3.8, 4) is 0 Å². The molecule has 2 fully saturated rings. The van der Waals surface area contributed by atoms with E-state index < -0.39 is 0 Å². The fourth-order valence-corrected chi connectivity index (χ4v) is 2.72. The van der Waals surface area contributed by atoms with E-state index in [0.29, 0.717) is 43.5 Å². The van der Waals surface area contributed by atoms with E-state index in [1.807, 2.05) is 7.05 Å². The highest BCUT2D eigenvalue weighted by molar-refractivity contribution is 5.92. The quantitative estimate of drug-likeness (QED) is 0.704. The monoisotopic (exact) mass is 331 g/mol. The lowest BCUT2D eigenvalue weighted by Crippen LogP contribution is -2.48. The first-order valence-corrected chi connectivity index (χ1v) is 8.36. The molecule has 2 aliphatic rings. The van der Waals surface area contributed by atoms with Crippen LogP contribution < -0.4 is 0 Å². The first-order valence-electron chi connectivity index (χ1n) is 8.36. The lowest BCUT2D eigenvalue weighted by atomic mass is 10.00. The minimum atomic E-state index is -0.0555. The molecule has 3 heterocycles. The summed E-state index contributed by atoms with van der Waals surface area (Å²) in [6.07, 6.45) is 6.60. The van der Waals surface area contributed by atoms with Crippen molar-refractivity contribution in [1.82, 2.24) is 24.6 Å². The molecule has 0 bridgehead atoms. The van der Waals surface area contributed by atoms with Gasteiger partial charge in [-0.2, -0.15) is 4.98 Å². The molecule has 0 spiro atoms. The standard InChI is InChI=1S/C16H21N5O3/c1-20-8-13(17-10-20)16(22)21-6-12(7-21)15-18-14(19-24-15)4-5-23-9-11-2-3-11/h8,10-12H,2-7,9H2,1H3. The Hall–Kier alpha value is -2.22. The van der Waals surface area contributed by atoms with Crippen LogP contribution in [0.4, 0.5) is 0 Å². The van der Waals surface area contributed by atoms with E-state index >= 15 is 0 Å². The molecule has 24 heavy (non-hydrogen) atoms. The first-order chi connectivity index (χ1) is 11.7. The molecule has 0 atom stereocenters. The van der Waals surface area contributed by atoms with Gasteiger partial charge < -0.3 is 18.7 Å². The van der Waals surface area contributed by atoms with Crippen LogP contribution in [0.1, 0.15) is 41.0 Å². The van der Waals surface area contributed by atoms with Crippen LogP contribution in [-0.4, -0.2) is 56.8 Å². The van der Waals surface area contributed by atoms with Crippen molar-refractivity contribution >= 4 is 5.91 Å². The molecule has 1 aliphatic carbocycles. The van der Waals surface area contributed by atoms with E-state index in [0.717, 1.165) is 12.5 Å². The van der Waals surface area contributed by atoms with E-state index in [-0.39, 0.29) is 11.8 Å². The molecule has 1 saturated carbocycles. The molecule has 0 radical (unpaired) electrons. The van der Waals surface area contributed by atoms with Gasteiger partial charge in [-0.15, -0.1) is 0 Å². The maximum atomic E-state index is 12.2. The predicted molar refractivity (Wildman–Crippen MR) is 83.4 cm³/mol. The SMILES string of the molecule is Cn1cnc(C(=O)N2CC(c3nc(CCOCC4CC4)no3)C2)c1. The molecule has 2 aromatic heterocycles. The van der Waals surface area contributed by atoms with Crippen molar-refractivity contribution in [2.24, 2.45) is 13.0 Å². The normalized spacial score (nSPS) is 18.0. The molecule has 1 aliphatic heterocycles. The minimum absolute atomic E-state index is 0.0555. The highest BCUT2D eigenvalue weighted by atomic mass is 16.5. The van der Waals surface area contributed by atoms with Crippen LogP contribution in [0, 0.1) is 5.92 Å². The Morgan fingerprint density at radius 3 is 2.96 bits per heavy atom. The number of amides is 1. The first kappa shape index (κ1) is 15.3. The number of imidazole rings is 1. The summed E-state index contributed by atoms with van der Waals surface area (Å²) in [5.41, 5.74) is 0.468. The smallest absolute Gasteiger partial charge is 0.274 e. The fourth-order valence-electron chi connectivity index (χ4n) is 2.72. The maximum Gasteiger partial charge on any atom is 0.274 e. The van der Waals surface area contributed by atoms with Gasteiger partial charge >= 0.3 is 0 Å². The maximum absolute atomic E-state index is 12.2. The van der Waals surface area contributed by atoms with Crippen LogP contribution in [0.15, 0.2) is 17.0 Å².